The van der Waals surface area contributed by atoms with Crippen molar-refractivity contribution in [3.05, 3.63) is 64.5 Å². The lowest BCUT2D eigenvalue weighted by molar-refractivity contribution is -0.0705. The monoisotopic (exact) mass is 466 g/mol. The maximum absolute atomic E-state index is 13.2. The molecule has 2 atom stereocenters. The maximum atomic E-state index is 13.2. The quantitative estimate of drug-likeness (QED) is 0.417. The zero-order valence-electron chi connectivity index (χ0n) is 18.4. The van der Waals surface area contributed by atoms with E-state index >= 15 is 0 Å². The van der Waals surface area contributed by atoms with Gasteiger partial charge in [-0.3, -0.25) is 9.47 Å². The summed E-state index contributed by atoms with van der Waals surface area (Å²) >= 11 is 1.69. The van der Waals surface area contributed by atoms with Crippen LogP contribution in [0.4, 0.5) is 0 Å². The van der Waals surface area contributed by atoms with E-state index in [2.05, 4.69) is 47.0 Å². The van der Waals surface area contributed by atoms with Gasteiger partial charge in [-0.2, -0.15) is 9.61 Å². The molecule has 0 aliphatic carbocycles. The molecule has 0 N–H and O–H groups in total. The summed E-state index contributed by atoms with van der Waals surface area (Å²) in [6.45, 7) is 7.17. The molecule has 0 spiro atoms. The number of ether oxygens (including phenoxy) is 1. The molecule has 0 radical (unpaired) electrons. The summed E-state index contributed by atoms with van der Waals surface area (Å²) in [6.07, 6.45) is 5.75. The SMILES string of the molecule is C.CSc1ccc(Cn2c(=O)n3ncnc3c3cc(CN4C[C@@H](C)O[C@@H](C)C4)cnc32)cc1. The van der Waals surface area contributed by atoms with Gasteiger partial charge in [0.2, 0.25) is 0 Å². The van der Waals surface area contributed by atoms with E-state index in [9.17, 15) is 4.79 Å². The minimum absolute atomic E-state index is 0. The second-order valence-electron chi connectivity index (χ2n) is 8.38. The molecule has 4 heterocycles. The molecule has 1 aliphatic heterocycles. The summed E-state index contributed by atoms with van der Waals surface area (Å²) in [5.74, 6) is 0. The van der Waals surface area contributed by atoms with Crippen LogP contribution in [-0.2, 0) is 17.8 Å². The Kier molecular flexibility index (Phi) is 6.83. The van der Waals surface area contributed by atoms with Crippen LogP contribution in [0, 0.1) is 0 Å². The molecule has 0 saturated carbocycles. The Labute approximate surface area is 197 Å². The molecule has 1 aliphatic rings. The smallest absolute Gasteiger partial charge is 0.352 e. The fourth-order valence-corrected chi connectivity index (χ4v) is 4.87. The van der Waals surface area contributed by atoms with Crippen molar-refractivity contribution in [2.45, 2.75) is 51.5 Å². The van der Waals surface area contributed by atoms with Crippen molar-refractivity contribution in [1.29, 1.82) is 0 Å². The number of benzene rings is 1. The first kappa shape index (κ1) is 23.4. The van der Waals surface area contributed by atoms with Crippen molar-refractivity contribution < 1.29 is 4.74 Å². The molecule has 1 aromatic carbocycles. The van der Waals surface area contributed by atoms with Gasteiger partial charge in [-0.15, -0.1) is 11.8 Å². The van der Waals surface area contributed by atoms with Crippen LogP contribution in [0.3, 0.4) is 0 Å². The summed E-state index contributed by atoms with van der Waals surface area (Å²) < 4.78 is 8.89. The highest BCUT2D eigenvalue weighted by atomic mass is 32.2. The molecule has 33 heavy (non-hydrogen) atoms. The Hall–Kier alpha value is -2.75. The number of morpholine rings is 1. The van der Waals surface area contributed by atoms with E-state index in [1.807, 2.05) is 24.6 Å². The Morgan fingerprint density at radius 2 is 1.76 bits per heavy atom. The van der Waals surface area contributed by atoms with Gasteiger partial charge in [0.25, 0.3) is 0 Å². The Morgan fingerprint density at radius 1 is 1.03 bits per heavy atom. The highest BCUT2D eigenvalue weighted by Gasteiger charge is 2.23. The van der Waals surface area contributed by atoms with Crippen LogP contribution in [0.15, 0.2) is 52.5 Å². The van der Waals surface area contributed by atoms with Crippen LogP contribution < -0.4 is 5.69 Å². The topological polar surface area (TPSA) is 77.5 Å². The number of aromatic nitrogens is 5. The molecular formula is C24H30N6O2S. The standard InChI is InChI=1S/C23H26N6O2S.CH4/c1-15-10-27(11-16(2)31-15)12-18-8-20-21(24-9-18)28(23(30)29-22(20)25-14-26-29)13-17-4-6-19(32-3)7-5-17;/h4-9,14-16H,10-13H2,1-3H3;1H4/t15-,16+;. The fraction of sp³-hybridized carbons (Fsp3) is 0.417. The molecule has 174 valence electrons. The first-order valence-electron chi connectivity index (χ1n) is 10.7. The largest absolute Gasteiger partial charge is 0.373 e. The van der Waals surface area contributed by atoms with Gasteiger partial charge in [-0.05, 0) is 49.4 Å². The molecule has 5 rings (SSSR count). The van der Waals surface area contributed by atoms with Crippen molar-refractivity contribution >= 4 is 28.4 Å². The van der Waals surface area contributed by atoms with Gasteiger partial charge in [0, 0.05) is 30.7 Å². The van der Waals surface area contributed by atoms with E-state index in [-0.39, 0.29) is 25.3 Å². The molecule has 1 fully saturated rings. The lowest BCUT2D eigenvalue weighted by Crippen LogP contribution is -2.44. The highest BCUT2D eigenvalue weighted by molar-refractivity contribution is 7.98. The van der Waals surface area contributed by atoms with Gasteiger partial charge < -0.3 is 4.74 Å². The van der Waals surface area contributed by atoms with Crippen LogP contribution in [0.25, 0.3) is 16.7 Å². The molecule has 1 saturated heterocycles. The highest BCUT2D eigenvalue weighted by Crippen LogP contribution is 2.21. The van der Waals surface area contributed by atoms with Gasteiger partial charge in [-0.25, -0.2) is 14.8 Å². The van der Waals surface area contributed by atoms with Gasteiger partial charge in [0.05, 0.1) is 24.1 Å². The lowest BCUT2D eigenvalue weighted by atomic mass is 10.1. The average molecular weight is 467 g/mol. The Balaban J connectivity index is 0.00000259. The number of rotatable bonds is 5. The summed E-state index contributed by atoms with van der Waals surface area (Å²) in [6, 6.07) is 10.3. The van der Waals surface area contributed by atoms with Gasteiger partial charge in [0.15, 0.2) is 5.65 Å². The van der Waals surface area contributed by atoms with Gasteiger partial charge in [-0.1, -0.05) is 19.6 Å². The molecule has 0 unspecified atom stereocenters. The minimum atomic E-state index is -0.241. The van der Waals surface area contributed by atoms with Crippen LogP contribution in [0.1, 0.15) is 32.4 Å². The Bertz CT molecular complexity index is 1310. The zero-order chi connectivity index (χ0) is 22.2. The summed E-state index contributed by atoms with van der Waals surface area (Å²) in [7, 11) is 0. The minimum Gasteiger partial charge on any atom is -0.373 e. The molecule has 4 aromatic rings. The molecule has 3 aromatic heterocycles. The average Bonchev–Trinajstić information content (AvgIpc) is 3.27. The number of hydrogen-bond donors (Lipinski definition) is 0. The van der Waals surface area contributed by atoms with Crippen LogP contribution in [0.5, 0.6) is 0 Å². The second-order valence-corrected chi connectivity index (χ2v) is 9.26. The first-order valence-corrected chi connectivity index (χ1v) is 12.0. The van der Waals surface area contributed by atoms with E-state index in [0.717, 1.165) is 36.1 Å². The Morgan fingerprint density at radius 3 is 2.45 bits per heavy atom. The molecular weight excluding hydrogens is 436 g/mol. The van der Waals surface area contributed by atoms with Crippen molar-refractivity contribution in [1.82, 2.24) is 29.0 Å². The van der Waals surface area contributed by atoms with E-state index in [0.29, 0.717) is 17.8 Å². The van der Waals surface area contributed by atoms with Crippen molar-refractivity contribution in [2.24, 2.45) is 0 Å². The molecule has 0 amide bonds. The van der Waals surface area contributed by atoms with Crippen LogP contribution in [0.2, 0.25) is 0 Å². The van der Waals surface area contributed by atoms with E-state index < -0.39 is 0 Å². The zero-order valence-corrected chi connectivity index (χ0v) is 19.2. The van der Waals surface area contributed by atoms with E-state index in [1.165, 1.54) is 15.7 Å². The second kappa shape index (κ2) is 9.62. The van der Waals surface area contributed by atoms with E-state index in [4.69, 9.17) is 9.72 Å². The third kappa shape index (κ3) is 4.66. The molecule has 9 heteroatoms. The van der Waals surface area contributed by atoms with Gasteiger partial charge >= 0.3 is 5.69 Å². The number of nitrogens with zero attached hydrogens (tertiary/aromatic N) is 6. The summed E-state index contributed by atoms with van der Waals surface area (Å²) in [5.41, 5.74) is 3.04. The van der Waals surface area contributed by atoms with Gasteiger partial charge in [0.1, 0.15) is 12.0 Å². The summed E-state index contributed by atoms with van der Waals surface area (Å²) in [4.78, 5) is 25.8. The number of hydrogen-bond acceptors (Lipinski definition) is 7. The predicted octanol–water partition coefficient (Wildman–Crippen LogP) is 3.45. The predicted molar refractivity (Wildman–Crippen MR) is 132 cm³/mol. The number of fused-ring (bicyclic) bond motifs is 3. The summed E-state index contributed by atoms with van der Waals surface area (Å²) in [5, 5.41) is 5.01. The number of pyridine rings is 1. The normalized spacial score (nSPS) is 19.1. The van der Waals surface area contributed by atoms with Crippen molar-refractivity contribution in [3.8, 4) is 0 Å². The van der Waals surface area contributed by atoms with Crippen LogP contribution in [-0.4, -0.2) is 60.6 Å². The third-order valence-corrected chi connectivity index (χ3v) is 6.52. The molecule has 8 nitrogen and oxygen atoms in total. The first-order chi connectivity index (χ1) is 15.5. The van der Waals surface area contributed by atoms with Crippen molar-refractivity contribution in [2.75, 3.05) is 19.3 Å². The van der Waals surface area contributed by atoms with E-state index in [1.54, 1.807) is 16.3 Å². The third-order valence-electron chi connectivity index (χ3n) is 5.78. The lowest BCUT2D eigenvalue weighted by Gasteiger charge is -2.35. The van der Waals surface area contributed by atoms with Crippen molar-refractivity contribution in [3.63, 3.8) is 0 Å². The fourth-order valence-electron chi connectivity index (χ4n) is 4.46. The number of thioether (sulfide) groups is 1. The van der Waals surface area contributed by atoms with Crippen LogP contribution >= 0.6 is 11.8 Å². The molecule has 0 bridgehead atoms. The maximum Gasteiger partial charge on any atom is 0.352 e.